The van der Waals surface area contributed by atoms with E-state index in [1.165, 1.54) is 18.3 Å². The molecule has 2 amide bonds. The van der Waals surface area contributed by atoms with Crippen molar-refractivity contribution in [2.24, 2.45) is 0 Å². The molecule has 1 heterocycles. The van der Waals surface area contributed by atoms with Crippen LogP contribution in [-0.4, -0.2) is 16.8 Å². The van der Waals surface area contributed by atoms with E-state index < -0.39 is 23.6 Å². The molecule has 0 aliphatic heterocycles. The minimum absolute atomic E-state index is 0.153. The highest BCUT2D eigenvalue weighted by atomic mass is 19.4. The van der Waals surface area contributed by atoms with Crippen molar-refractivity contribution in [1.82, 2.24) is 4.98 Å². The highest BCUT2D eigenvalue weighted by molar-refractivity contribution is 6.08. The summed E-state index contributed by atoms with van der Waals surface area (Å²) in [5.74, 6) is -0.561. The lowest BCUT2D eigenvalue weighted by Crippen LogP contribution is -2.16. The van der Waals surface area contributed by atoms with Crippen molar-refractivity contribution in [2.45, 2.75) is 20.0 Å². The molecule has 0 saturated heterocycles. The Hall–Kier alpha value is -4.86. The van der Waals surface area contributed by atoms with Gasteiger partial charge in [0.15, 0.2) is 0 Å². The smallest absolute Gasteiger partial charge is 0.399 e. The van der Waals surface area contributed by atoms with Crippen LogP contribution in [0.3, 0.4) is 0 Å². The second-order valence-corrected chi connectivity index (χ2v) is 8.66. The molecule has 0 aliphatic rings. The third kappa shape index (κ3) is 6.28. The molecule has 5 N–H and O–H groups in total. The molecule has 3 aromatic carbocycles. The van der Waals surface area contributed by atoms with Crippen LogP contribution in [0.15, 0.2) is 79.0 Å². The summed E-state index contributed by atoms with van der Waals surface area (Å²) in [6.07, 6.45) is -3.06. The lowest BCUT2D eigenvalue weighted by atomic mass is 10.1. The van der Waals surface area contributed by atoms with Gasteiger partial charge in [-0.3, -0.25) is 9.59 Å². The number of alkyl halides is 3. The fourth-order valence-corrected chi connectivity index (χ4v) is 3.71. The van der Waals surface area contributed by atoms with Crippen LogP contribution in [0.5, 0.6) is 0 Å². The SMILES string of the molecule is Cc1ccc(NC(=O)c2cccc(C(F)(F)F)c2)cc1C(=O)Nc1cnc(Nc2cccc(N)c2)c(C)c1. The van der Waals surface area contributed by atoms with Crippen molar-refractivity contribution >= 4 is 40.4 Å². The van der Waals surface area contributed by atoms with E-state index in [1.54, 1.807) is 37.3 Å². The first-order chi connectivity index (χ1) is 18.0. The zero-order valence-electron chi connectivity index (χ0n) is 20.5. The summed E-state index contributed by atoms with van der Waals surface area (Å²) >= 11 is 0. The van der Waals surface area contributed by atoms with Crippen LogP contribution in [-0.2, 0) is 6.18 Å². The Balaban J connectivity index is 1.47. The first-order valence-electron chi connectivity index (χ1n) is 11.5. The van der Waals surface area contributed by atoms with Crippen LogP contribution in [0.2, 0.25) is 0 Å². The number of anilines is 5. The normalized spacial score (nSPS) is 11.1. The van der Waals surface area contributed by atoms with Crippen LogP contribution < -0.4 is 21.7 Å². The highest BCUT2D eigenvalue weighted by Gasteiger charge is 2.31. The Morgan fingerprint density at radius 1 is 0.789 bits per heavy atom. The number of nitrogens with one attached hydrogen (secondary N) is 3. The topological polar surface area (TPSA) is 109 Å². The molecule has 0 radical (unpaired) electrons. The van der Waals surface area contributed by atoms with Gasteiger partial charge in [0.05, 0.1) is 17.4 Å². The van der Waals surface area contributed by atoms with E-state index in [0.717, 1.165) is 29.4 Å². The number of amides is 2. The summed E-state index contributed by atoms with van der Waals surface area (Å²) < 4.78 is 39.0. The number of nitrogen functional groups attached to an aromatic ring is 1. The summed E-state index contributed by atoms with van der Waals surface area (Å²) in [6.45, 7) is 3.57. The van der Waals surface area contributed by atoms with Crippen LogP contribution >= 0.6 is 0 Å². The summed E-state index contributed by atoms with van der Waals surface area (Å²) in [5, 5.41) is 8.52. The lowest BCUT2D eigenvalue weighted by Gasteiger charge is -2.13. The molecule has 7 nitrogen and oxygen atoms in total. The molecule has 0 spiro atoms. The van der Waals surface area contributed by atoms with Gasteiger partial charge in [0.2, 0.25) is 0 Å². The third-order valence-electron chi connectivity index (χ3n) is 5.68. The molecule has 0 saturated carbocycles. The number of pyridine rings is 1. The largest absolute Gasteiger partial charge is 0.416 e. The Morgan fingerprint density at radius 3 is 2.24 bits per heavy atom. The third-order valence-corrected chi connectivity index (χ3v) is 5.68. The molecule has 4 rings (SSSR count). The molecule has 4 aromatic rings. The van der Waals surface area contributed by atoms with Gasteiger partial charge < -0.3 is 21.7 Å². The van der Waals surface area contributed by atoms with E-state index in [4.69, 9.17) is 5.73 Å². The average Bonchev–Trinajstić information content (AvgIpc) is 2.86. The number of nitrogens with two attached hydrogens (primary N) is 1. The fourth-order valence-electron chi connectivity index (χ4n) is 3.71. The summed E-state index contributed by atoms with van der Waals surface area (Å²) in [7, 11) is 0. The van der Waals surface area contributed by atoms with Gasteiger partial charge in [-0.1, -0.05) is 18.2 Å². The Kier molecular flexibility index (Phi) is 7.33. The van der Waals surface area contributed by atoms with Gasteiger partial charge >= 0.3 is 6.18 Å². The summed E-state index contributed by atoms with van der Waals surface area (Å²) in [6, 6.07) is 17.8. The van der Waals surface area contributed by atoms with Gasteiger partial charge in [0.1, 0.15) is 5.82 Å². The monoisotopic (exact) mass is 519 g/mol. The van der Waals surface area contributed by atoms with Crippen LogP contribution in [0.1, 0.15) is 37.4 Å². The van der Waals surface area contributed by atoms with Gasteiger partial charge in [-0.15, -0.1) is 0 Å². The first-order valence-corrected chi connectivity index (χ1v) is 11.5. The van der Waals surface area contributed by atoms with Crippen molar-refractivity contribution in [1.29, 1.82) is 0 Å². The molecular formula is C28H24F3N5O2. The maximum atomic E-state index is 13.0. The number of benzene rings is 3. The van der Waals surface area contributed by atoms with E-state index in [-0.39, 0.29) is 16.8 Å². The number of rotatable bonds is 6. The van der Waals surface area contributed by atoms with Crippen LogP contribution in [0.4, 0.5) is 41.7 Å². The Morgan fingerprint density at radius 2 is 1.53 bits per heavy atom. The minimum Gasteiger partial charge on any atom is -0.399 e. The number of carbonyl (C=O) groups is 2. The average molecular weight is 520 g/mol. The van der Waals surface area contributed by atoms with E-state index in [9.17, 15) is 22.8 Å². The van der Waals surface area contributed by atoms with Crippen molar-refractivity contribution in [3.05, 3.63) is 107 Å². The zero-order chi connectivity index (χ0) is 27.4. The first kappa shape index (κ1) is 26.2. The van der Waals surface area contributed by atoms with E-state index >= 15 is 0 Å². The quantitative estimate of drug-likeness (QED) is 0.216. The molecule has 0 unspecified atom stereocenters. The predicted molar refractivity (Wildman–Crippen MR) is 142 cm³/mol. The van der Waals surface area contributed by atoms with Crippen molar-refractivity contribution in [2.75, 3.05) is 21.7 Å². The summed E-state index contributed by atoms with van der Waals surface area (Å²) in [4.78, 5) is 30.0. The molecule has 0 fully saturated rings. The molecule has 10 heteroatoms. The maximum absolute atomic E-state index is 13.0. The molecule has 0 atom stereocenters. The van der Waals surface area contributed by atoms with Crippen molar-refractivity contribution in [3.8, 4) is 0 Å². The second kappa shape index (κ2) is 10.6. The molecule has 0 bridgehead atoms. The van der Waals surface area contributed by atoms with Gasteiger partial charge in [0.25, 0.3) is 11.8 Å². The predicted octanol–water partition coefficient (Wildman–Crippen LogP) is 6.55. The van der Waals surface area contributed by atoms with Crippen molar-refractivity contribution < 1.29 is 22.8 Å². The second-order valence-electron chi connectivity index (χ2n) is 8.66. The zero-order valence-corrected chi connectivity index (χ0v) is 20.5. The Bertz CT molecular complexity index is 1520. The molecule has 1 aromatic heterocycles. The van der Waals surface area contributed by atoms with Crippen LogP contribution in [0, 0.1) is 13.8 Å². The number of aromatic nitrogens is 1. The number of aryl methyl sites for hydroxylation is 2. The summed E-state index contributed by atoms with van der Waals surface area (Å²) in [5.41, 5.74) is 8.56. The van der Waals surface area contributed by atoms with Gasteiger partial charge in [0, 0.05) is 28.2 Å². The van der Waals surface area contributed by atoms with Gasteiger partial charge in [-0.05, 0) is 79.6 Å². The molecular weight excluding hydrogens is 495 g/mol. The number of nitrogens with zero attached hydrogens (tertiary/aromatic N) is 1. The number of hydrogen-bond donors (Lipinski definition) is 4. The number of halogens is 3. The fraction of sp³-hybridized carbons (Fsp3) is 0.107. The lowest BCUT2D eigenvalue weighted by molar-refractivity contribution is -0.137. The number of carbonyl (C=O) groups excluding carboxylic acids is 2. The minimum atomic E-state index is -4.57. The van der Waals surface area contributed by atoms with E-state index in [0.29, 0.717) is 22.8 Å². The van der Waals surface area contributed by atoms with Gasteiger partial charge in [-0.25, -0.2) is 4.98 Å². The van der Waals surface area contributed by atoms with Crippen molar-refractivity contribution in [3.63, 3.8) is 0 Å². The highest BCUT2D eigenvalue weighted by Crippen LogP contribution is 2.30. The molecule has 0 aliphatic carbocycles. The van der Waals surface area contributed by atoms with E-state index in [1.807, 2.05) is 19.1 Å². The standard InChI is InChI=1S/C28H24F3N5O2/c1-16-9-10-22(35-26(37)18-5-3-6-19(12-18)28(29,30)31)14-24(16)27(38)36-23-11-17(2)25(33-15-23)34-21-8-4-7-20(32)13-21/h3-15H,32H2,1-2H3,(H,33,34)(H,35,37)(H,36,38). The molecule has 38 heavy (non-hydrogen) atoms. The van der Waals surface area contributed by atoms with Gasteiger partial charge in [-0.2, -0.15) is 13.2 Å². The van der Waals surface area contributed by atoms with E-state index in [2.05, 4.69) is 20.9 Å². The van der Waals surface area contributed by atoms with Crippen LogP contribution in [0.25, 0.3) is 0 Å². The number of hydrogen-bond acceptors (Lipinski definition) is 5. The molecule has 194 valence electrons. The maximum Gasteiger partial charge on any atom is 0.416 e. The Labute approximate surface area is 216 Å².